The van der Waals surface area contributed by atoms with Gasteiger partial charge in [-0.05, 0) is 12.8 Å². The van der Waals surface area contributed by atoms with Crippen molar-refractivity contribution in [2.24, 2.45) is 0 Å². The maximum atomic E-state index is 10.5. The summed E-state index contributed by atoms with van der Waals surface area (Å²) >= 11 is 0. The van der Waals surface area contributed by atoms with E-state index in [2.05, 4.69) is 15.3 Å². The van der Waals surface area contributed by atoms with Gasteiger partial charge in [0, 0.05) is 18.3 Å². The highest BCUT2D eigenvalue weighted by Gasteiger charge is 2.29. The van der Waals surface area contributed by atoms with Gasteiger partial charge in [-0.2, -0.15) is 0 Å². The average molecular weight is 188 g/mol. The van der Waals surface area contributed by atoms with E-state index >= 15 is 0 Å². The first-order valence-corrected chi connectivity index (χ1v) is 4.54. The molecule has 3 rings (SSSR count). The molecule has 0 unspecified atom stereocenters. The number of carbonyl (C=O) groups excluding carboxylic acids is 1. The molecule has 0 bridgehead atoms. The molecule has 0 atom stereocenters. The van der Waals surface area contributed by atoms with Gasteiger partial charge < -0.3 is 0 Å². The zero-order chi connectivity index (χ0) is 9.54. The van der Waals surface area contributed by atoms with Gasteiger partial charge in [0.15, 0.2) is 11.9 Å². The summed E-state index contributed by atoms with van der Waals surface area (Å²) in [5.74, 6) is 0.530. The number of aromatic nitrogens is 4. The number of hydrogen-bond acceptors (Lipinski definition) is 4. The molecule has 14 heavy (non-hydrogen) atoms. The van der Waals surface area contributed by atoms with Gasteiger partial charge in [0.2, 0.25) is 0 Å². The van der Waals surface area contributed by atoms with Gasteiger partial charge in [0.05, 0.1) is 5.56 Å². The van der Waals surface area contributed by atoms with Crippen molar-refractivity contribution < 1.29 is 4.79 Å². The second-order valence-electron chi connectivity index (χ2n) is 3.52. The fraction of sp³-hybridized carbons (Fsp3) is 0.333. The first-order chi connectivity index (χ1) is 6.88. The van der Waals surface area contributed by atoms with Crippen LogP contribution < -0.4 is 0 Å². The first-order valence-electron chi connectivity index (χ1n) is 4.54. The van der Waals surface area contributed by atoms with Crippen molar-refractivity contribution in [3.05, 3.63) is 23.7 Å². The predicted octanol–water partition coefficient (Wildman–Crippen LogP) is 0.814. The van der Waals surface area contributed by atoms with E-state index in [0.717, 1.165) is 17.6 Å². The molecule has 0 radical (unpaired) electrons. The van der Waals surface area contributed by atoms with Crippen LogP contribution in [-0.2, 0) is 0 Å². The molecule has 0 N–H and O–H groups in total. The monoisotopic (exact) mass is 188 g/mol. The predicted molar refractivity (Wildman–Crippen MR) is 48.1 cm³/mol. The molecule has 5 nitrogen and oxygen atoms in total. The summed E-state index contributed by atoms with van der Waals surface area (Å²) in [7, 11) is 0. The maximum Gasteiger partial charge on any atom is 0.179 e. The standard InChI is InChI=1S/C9H8N4O/c14-5-6-3-10-9-8(7-1-2-7)11-12-13(9)4-6/h3-5,7H,1-2H2. The normalized spacial score (nSPS) is 16.0. The highest BCUT2D eigenvalue weighted by atomic mass is 16.1. The molecule has 1 fully saturated rings. The Morgan fingerprint density at radius 2 is 2.36 bits per heavy atom. The molecular weight excluding hydrogens is 180 g/mol. The number of carbonyl (C=O) groups is 1. The van der Waals surface area contributed by atoms with Gasteiger partial charge in [-0.1, -0.05) is 5.21 Å². The number of aldehydes is 1. The number of hydrogen-bond donors (Lipinski definition) is 0. The number of fused-ring (bicyclic) bond motifs is 1. The average Bonchev–Trinajstić information content (AvgIpc) is 2.98. The van der Waals surface area contributed by atoms with Crippen LogP contribution in [0.2, 0.25) is 0 Å². The molecule has 1 saturated carbocycles. The van der Waals surface area contributed by atoms with Crippen molar-refractivity contribution in [2.75, 3.05) is 0 Å². The van der Waals surface area contributed by atoms with Crippen molar-refractivity contribution in [1.82, 2.24) is 19.8 Å². The van der Waals surface area contributed by atoms with E-state index in [0.29, 0.717) is 11.5 Å². The summed E-state index contributed by atoms with van der Waals surface area (Å²) in [5.41, 5.74) is 2.25. The first kappa shape index (κ1) is 7.61. The Hall–Kier alpha value is -1.78. The molecule has 1 aliphatic carbocycles. The van der Waals surface area contributed by atoms with E-state index < -0.39 is 0 Å². The van der Waals surface area contributed by atoms with Crippen molar-refractivity contribution >= 4 is 11.9 Å². The van der Waals surface area contributed by atoms with Crippen LogP contribution in [0.5, 0.6) is 0 Å². The lowest BCUT2D eigenvalue weighted by atomic mass is 10.3. The minimum atomic E-state index is 0.518. The van der Waals surface area contributed by atoms with Crippen LogP contribution in [0.3, 0.4) is 0 Å². The van der Waals surface area contributed by atoms with Crippen LogP contribution in [0.25, 0.3) is 5.65 Å². The van der Waals surface area contributed by atoms with E-state index in [9.17, 15) is 4.79 Å². The Labute approximate surface area is 79.8 Å². The Kier molecular flexibility index (Phi) is 1.41. The molecule has 1 aliphatic rings. The van der Waals surface area contributed by atoms with Crippen LogP contribution in [0.1, 0.15) is 34.8 Å². The minimum absolute atomic E-state index is 0.518. The van der Waals surface area contributed by atoms with E-state index in [-0.39, 0.29) is 0 Å². The number of nitrogens with zero attached hydrogens (tertiary/aromatic N) is 4. The lowest BCUT2D eigenvalue weighted by molar-refractivity contribution is 0.112. The fourth-order valence-electron chi connectivity index (χ4n) is 1.51. The lowest BCUT2D eigenvalue weighted by Gasteiger charge is -1.93. The molecule has 0 aliphatic heterocycles. The minimum Gasteiger partial charge on any atom is -0.298 e. The molecule has 5 heteroatoms. The molecule has 0 saturated heterocycles. The molecule has 2 heterocycles. The molecular formula is C9H8N4O. The van der Waals surface area contributed by atoms with E-state index in [1.54, 1.807) is 16.9 Å². The van der Waals surface area contributed by atoms with Gasteiger partial charge in [-0.15, -0.1) is 5.10 Å². The summed E-state index contributed by atoms with van der Waals surface area (Å²) in [6.07, 6.45) is 6.30. The van der Waals surface area contributed by atoms with Gasteiger partial charge in [0.1, 0.15) is 5.69 Å². The molecule has 0 spiro atoms. The lowest BCUT2D eigenvalue weighted by Crippen LogP contribution is -1.93. The van der Waals surface area contributed by atoms with E-state index in [1.165, 1.54) is 12.8 Å². The number of rotatable bonds is 2. The van der Waals surface area contributed by atoms with Gasteiger partial charge in [-0.3, -0.25) is 4.79 Å². The summed E-state index contributed by atoms with van der Waals surface area (Å²) in [5, 5.41) is 8.00. The summed E-state index contributed by atoms with van der Waals surface area (Å²) in [6, 6.07) is 0. The topological polar surface area (TPSA) is 60.2 Å². The largest absolute Gasteiger partial charge is 0.298 e. The summed E-state index contributed by atoms with van der Waals surface area (Å²) in [4.78, 5) is 14.7. The summed E-state index contributed by atoms with van der Waals surface area (Å²) < 4.78 is 1.57. The molecule has 0 aromatic carbocycles. The SMILES string of the molecule is O=Cc1cnc2c(C3CC3)nnn2c1. The summed E-state index contributed by atoms with van der Waals surface area (Å²) in [6.45, 7) is 0. The smallest absolute Gasteiger partial charge is 0.179 e. The maximum absolute atomic E-state index is 10.5. The van der Waals surface area contributed by atoms with E-state index in [4.69, 9.17) is 0 Å². The molecule has 2 aromatic rings. The van der Waals surface area contributed by atoms with Crippen molar-refractivity contribution in [2.45, 2.75) is 18.8 Å². The third-order valence-corrected chi connectivity index (χ3v) is 2.40. The van der Waals surface area contributed by atoms with Crippen LogP contribution >= 0.6 is 0 Å². The zero-order valence-corrected chi connectivity index (χ0v) is 7.42. The highest BCUT2D eigenvalue weighted by Crippen LogP contribution is 2.40. The quantitative estimate of drug-likeness (QED) is 0.654. The van der Waals surface area contributed by atoms with Crippen molar-refractivity contribution in [1.29, 1.82) is 0 Å². The van der Waals surface area contributed by atoms with Crippen LogP contribution in [0, 0.1) is 0 Å². The second kappa shape index (κ2) is 2.60. The van der Waals surface area contributed by atoms with Crippen molar-refractivity contribution in [3.8, 4) is 0 Å². The molecule has 0 amide bonds. The van der Waals surface area contributed by atoms with Crippen molar-refractivity contribution in [3.63, 3.8) is 0 Å². The Morgan fingerprint density at radius 1 is 1.50 bits per heavy atom. The zero-order valence-electron chi connectivity index (χ0n) is 7.42. The molecule has 2 aromatic heterocycles. The third-order valence-electron chi connectivity index (χ3n) is 2.40. The van der Waals surface area contributed by atoms with Crippen LogP contribution in [-0.4, -0.2) is 26.1 Å². The Bertz CT molecular complexity index is 500. The Morgan fingerprint density at radius 3 is 3.07 bits per heavy atom. The van der Waals surface area contributed by atoms with Crippen LogP contribution in [0.15, 0.2) is 12.4 Å². The van der Waals surface area contributed by atoms with E-state index in [1.807, 2.05) is 0 Å². The molecule has 70 valence electrons. The van der Waals surface area contributed by atoms with Gasteiger partial charge in [-0.25, -0.2) is 9.50 Å². The fourth-order valence-corrected chi connectivity index (χ4v) is 1.51. The highest BCUT2D eigenvalue weighted by molar-refractivity contribution is 5.74. The van der Waals surface area contributed by atoms with Gasteiger partial charge >= 0.3 is 0 Å². The second-order valence-corrected chi connectivity index (χ2v) is 3.52. The van der Waals surface area contributed by atoms with Crippen LogP contribution in [0.4, 0.5) is 0 Å². The Balaban J connectivity index is 2.21. The van der Waals surface area contributed by atoms with Gasteiger partial charge in [0.25, 0.3) is 0 Å². The third kappa shape index (κ3) is 1.02.